The second-order valence-corrected chi connectivity index (χ2v) is 8.65. The van der Waals surface area contributed by atoms with Crippen molar-refractivity contribution in [2.75, 3.05) is 5.32 Å². The number of aryl methyl sites for hydroxylation is 1. The first-order valence-corrected chi connectivity index (χ1v) is 11.5. The third-order valence-electron chi connectivity index (χ3n) is 6.09. The summed E-state index contributed by atoms with van der Waals surface area (Å²) in [5.41, 5.74) is 4.84. The monoisotopic (exact) mass is 467 g/mol. The zero-order valence-electron chi connectivity index (χ0n) is 19.2. The minimum Gasteiger partial charge on any atom is -0.507 e. The predicted octanol–water partition coefficient (Wildman–Crippen LogP) is 4.85. The van der Waals surface area contributed by atoms with Crippen molar-refractivity contribution >= 4 is 17.6 Å². The van der Waals surface area contributed by atoms with E-state index in [1.807, 2.05) is 37.3 Å². The molecule has 2 heterocycles. The second-order valence-electron chi connectivity index (χ2n) is 8.65. The number of nitrogens with zero attached hydrogens (tertiary/aromatic N) is 3. The first-order valence-electron chi connectivity index (χ1n) is 11.5. The molecule has 8 nitrogen and oxygen atoms in total. The van der Waals surface area contributed by atoms with Crippen LogP contribution in [0.2, 0.25) is 0 Å². The van der Waals surface area contributed by atoms with Crippen LogP contribution < -0.4 is 10.6 Å². The topological polar surface area (TPSA) is 109 Å². The number of phenols is 1. The summed E-state index contributed by atoms with van der Waals surface area (Å²) >= 11 is 0. The normalized spacial score (nSPS) is 12.8. The van der Waals surface area contributed by atoms with E-state index in [2.05, 4.69) is 20.7 Å². The second kappa shape index (κ2) is 9.42. The Balaban J connectivity index is 1.39. The van der Waals surface area contributed by atoms with Gasteiger partial charge in [-0.2, -0.15) is 9.78 Å². The fraction of sp³-hybridized carbons (Fsp3) is 0.185. The van der Waals surface area contributed by atoms with E-state index >= 15 is 0 Å². The van der Waals surface area contributed by atoms with Crippen LogP contribution in [0.25, 0.3) is 11.3 Å². The molecule has 0 aliphatic heterocycles. The van der Waals surface area contributed by atoms with E-state index in [0.717, 1.165) is 29.7 Å². The Morgan fingerprint density at radius 3 is 2.57 bits per heavy atom. The highest BCUT2D eigenvalue weighted by molar-refractivity contribution is 6.04. The van der Waals surface area contributed by atoms with Crippen LogP contribution in [0, 0.1) is 6.92 Å². The van der Waals surface area contributed by atoms with Crippen LogP contribution >= 0.6 is 0 Å². The molecule has 8 heteroatoms. The van der Waals surface area contributed by atoms with Gasteiger partial charge in [0.15, 0.2) is 0 Å². The molecular weight excluding hydrogens is 442 g/mol. The van der Waals surface area contributed by atoms with E-state index in [4.69, 9.17) is 0 Å². The highest BCUT2D eigenvalue weighted by Crippen LogP contribution is 2.42. The van der Waals surface area contributed by atoms with Crippen LogP contribution in [0.1, 0.15) is 45.9 Å². The molecule has 2 aromatic heterocycles. The Labute approximate surface area is 202 Å². The average molecular weight is 468 g/mol. The molecule has 2 aromatic carbocycles. The van der Waals surface area contributed by atoms with E-state index in [0.29, 0.717) is 29.1 Å². The molecule has 3 N–H and O–H groups in total. The van der Waals surface area contributed by atoms with Crippen LogP contribution in [-0.2, 0) is 6.54 Å². The maximum atomic E-state index is 13.0. The number of carbonyl (C=O) groups is 2. The number of aromatic nitrogens is 3. The van der Waals surface area contributed by atoms with Crippen molar-refractivity contribution in [1.29, 1.82) is 0 Å². The maximum Gasteiger partial charge on any atom is 0.342 e. The highest BCUT2D eigenvalue weighted by Gasteiger charge is 2.31. The van der Waals surface area contributed by atoms with Gasteiger partial charge in [0.05, 0.1) is 11.4 Å². The molecule has 0 unspecified atom stereocenters. The van der Waals surface area contributed by atoms with Gasteiger partial charge in [0.1, 0.15) is 5.75 Å². The van der Waals surface area contributed by atoms with Gasteiger partial charge in [-0.1, -0.05) is 24.3 Å². The number of aromatic hydroxyl groups is 1. The third-order valence-corrected chi connectivity index (χ3v) is 6.09. The molecule has 0 spiro atoms. The Morgan fingerprint density at radius 1 is 1.06 bits per heavy atom. The molecule has 0 radical (unpaired) electrons. The molecule has 0 saturated heterocycles. The summed E-state index contributed by atoms with van der Waals surface area (Å²) in [4.78, 5) is 29.5. The lowest BCUT2D eigenvalue weighted by Gasteiger charge is -2.10. The van der Waals surface area contributed by atoms with Crippen LogP contribution in [-0.4, -0.2) is 31.8 Å². The number of hydrogen-bond donors (Lipinski definition) is 3. The standard InChI is InChI=1S/C27H25N5O3/c1-17-4-2-3-5-20(17)16-29-27(35)32-24(18-6-7-18)15-23(31-32)22-14-21(8-9-25(22)33)30-26(34)19-10-12-28-13-11-19/h2-5,8-15,18,33H,6-7,16H2,1H3,(H,29,35)(H,30,34). The smallest absolute Gasteiger partial charge is 0.342 e. The number of benzene rings is 2. The van der Waals surface area contributed by atoms with E-state index in [-0.39, 0.29) is 23.6 Å². The summed E-state index contributed by atoms with van der Waals surface area (Å²) in [6, 6.07) is 17.4. The van der Waals surface area contributed by atoms with Crippen molar-refractivity contribution in [3.05, 3.63) is 95.4 Å². The Morgan fingerprint density at radius 2 is 1.83 bits per heavy atom. The molecule has 1 aliphatic rings. The van der Waals surface area contributed by atoms with Crippen LogP contribution in [0.15, 0.2) is 73.1 Å². The number of amides is 2. The summed E-state index contributed by atoms with van der Waals surface area (Å²) < 4.78 is 1.40. The fourth-order valence-electron chi connectivity index (χ4n) is 3.94. The summed E-state index contributed by atoms with van der Waals surface area (Å²) in [6.07, 6.45) is 5.08. The van der Waals surface area contributed by atoms with Crippen LogP contribution in [0.4, 0.5) is 10.5 Å². The number of pyridine rings is 1. The molecule has 2 amide bonds. The lowest BCUT2D eigenvalue weighted by Crippen LogP contribution is -2.30. The van der Waals surface area contributed by atoms with Gasteiger partial charge in [0.2, 0.25) is 0 Å². The predicted molar refractivity (Wildman–Crippen MR) is 132 cm³/mol. The molecule has 5 rings (SSSR count). The Hall–Kier alpha value is -4.46. The highest BCUT2D eigenvalue weighted by atomic mass is 16.3. The van der Waals surface area contributed by atoms with Gasteiger partial charge >= 0.3 is 6.03 Å². The molecule has 35 heavy (non-hydrogen) atoms. The summed E-state index contributed by atoms with van der Waals surface area (Å²) in [6.45, 7) is 2.40. The van der Waals surface area contributed by atoms with Gasteiger partial charge in [-0.15, -0.1) is 0 Å². The van der Waals surface area contributed by atoms with E-state index < -0.39 is 0 Å². The van der Waals surface area contributed by atoms with Gasteiger partial charge in [-0.3, -0.25) is 9.78 Å². The zero-order valence-corrected chi connectivity index (χ0v) is 19.2. The number of nitrogens with one attached hydrogen (secondary N) is 2. The third kappa shape index (κ3) is 4.91. The molecule has 1 fully saturated rings. The lowest BCUT2D eigenvalue weighted by atomic mass is 10.1. The van der Waals surface area contributed by atoms with Gasteiger partial charge in [-0.25, -0.2) is 4.79 Å². The lowest BCUT2D eigenvalue weighted by molar-refractivity contribution is 0.102. The SMILES string of the molecule is Cc1ccccc1CNC(=O)n1nc(-c2cc(NC(=O)c3ccncc3)ccc2O)cc1C1CC1. The quantitative estimate of drug-likeness (QED) is 0.351. The largest absolute Gasteiger partial charge is 0.507 e. The number of rotatable bonds is 6. The molecule has 0 bridgehead atoms. The van der Waals surface area contributed by atoms with Gasteiger partial charge < -0.3 is 15.7 Å². The summed E-state index contributed by atoms with van der Waals surface area (Å²) in [5, 5.41) is 20.9. The van der Waals surface area contributed by atoms with Crippen molar-refractivity contribution in [2.24, 2.45) is 0 Å². The first-order chi connectivity index (χ1) is 17.0. The van der Waals surface area contributed by atoms with Gasteiger partial charge in [0.25, 0.3) is 5.91 Å². The number of phenolic OH excluding ortho intramolecular Hbond substituents is 1. The average Bonchev–Trinajstić information content (AvgIpc) is 3.63. The van der Waals surface area contributed by atoms with Crippen molar-refractivity contribution in [1.82, 2.24) is 20.1 Å². The van der Waals surface area contributed by atoms with Crippen LogP contribution in [0.3, 0.4) is 0 Å². The summed E-state index contributed by atoms with van der Waals surface area (Å²) in [5.74, 6) is -0.0137. The Kier molecular flexibility index (Phi) is 6.01. The molecular formula is C27H25N5O3. The molecule has 4 aromatic rings. The summed E-state index contributed by atoms with van der Waals surface area (Å²) in [7, 11) is 0. The zero-order chi connectivity index (χ0) is 24.4. The van der Waals surface area contributed by atoms with Gasteiger partial charge in [0, 0.05) is 41.7 Å². The van der Waals surface area contributed by atoms with Crippen molar-refractivity contribution in [2.45, 2.75) is 32.2 Å². The number of hydrogen-bond acceptors (Lipinski definition) is 5. The number of carbonyl (C=O) groups excluding carboxylic acids is 2. The molecule has 176 valence electrons. The van der Waals surface area contributed by atoms with E-state index in [1.165, 1.54) is 10.7 Å². The van der Waals surface area contributed by atoms with Gasteiger partial charge in [-0.05, 0) is 67.3 Å². The minimum atomic E-state index is -0.317. The maximum absolute atomic E-state index is 13.0. The van der Waals surface area contributed by atoms with Crippen molar-refractivity contribution in [3.63, 3.8) is 0 Å². The fourth-order valence-corrected chi connectivity index (χ4v) is 3.94. The first kappa shape index (κ1) is 22.3. The van der Waals surface area contributed by atoms with E-state index in [9.17, 15) is 14.7 Å². The molecule has 1 aliphatic carbocycles. The molecule has 0 atom stereocenters. The van der Waals surface area contributed by atoms with Crippen LogP contribution in [0.5, 0.6) is 5.75 Å². The minimum absolute atomic E-state index is 0.0132. The number of anilines is 1. The van der Waals surface area contributed by atoms with Crippen molar-refractivity contribution < 1.29 is 14.7 Å². The van der Waals surface area contributed by atoms with Crippen molar-refractivity contribution in [3.8, 4) is 17.0 Å². The molecule has 1 saturated carbocycles. The van der Waals surface area contributed by atoms with E-state index in [1.54, 1.807) is 36.7 Å². The Bertz CT molecular complexity index is 1390.